The number of hydrogen-bond acceptors (Lipinski definition) is 3. The van der Waals surface area contributed by atoms with Crippen molar-refractivity contribution in [1.29, 1.82) is 0 Å². The minimum atomic E-state index is 0.526. The number of amidine groups is 2. The van der Waals surface area contributed by atoms with Crippen molar-refractivity contribution in [1.82, 2.24) is 0 Å². The van der Waals surface area contributed by atoms with Gasteiger partial charge in [0.15, 0.2) is 5.84 Å². The number of aliphatic imine (C=N–C) groups is 2. The zero-order valence-electron chi connectivity index (χ0n) is 12.9. The highest BCUT2D eigenvalue weighted by Crippen LogP contribution is 2.35. The van der Waals surface area contributed by atoms with Crippen LogP contribution < -0.4 is 5.73 Å². The summed E-state index contributed by atoms with van der Waals surface area (Å²) in [6.07, 6.45) is 0. The second kappa shape index (κ2) is 6.34. The molecule has 0 radical (unpaired) electrons. The topological polar surface area (TPSA) is 50.7 Å². The first kappa shape index (κ1) is 14.7. The lowest BCUT2D eigenvalue weighted by atomic mass is 10.1. The standard InChI is InChI=1S/C20H15N3S/c21-19-15-10-4-5-11-16(15)20(23-19)22-17-12-6-7-13-18(17)24-14-8-2-1-3-9-14/h1-13H,(H2,21,22,23). The van der Waals surface area contributed by atoms with E-state index in [2.05, 4.69) is 23.2 Å². The van der Waals surface area contributed by atoms with Crippen molar-refractivity contribution in [2.24, 2.45) is 15.7 Å². The van der Waals surface area contributed by atoms with Crippen molar-refractivity contribution in [2.45, 2.75) is 9.79 Å². The van der Waals surface area contributed by atoms with Crippen molar-refractivity contribution in [3.05, 3.63) is 90.0 Å². The first-order valence-electron chi connectivity index (χ1n) is 7.66. The Hall–Kier alpha value is -2.85. The van der Waals surface area contributed by atoms with Crippen LogP contribution in [0.2, 0.25) is 0 Å². The molecule has 1 heterocycles. The Morgan fingerprint density at radius 3 is 2.25 bits per heavy atom. The maximum Gasteiger partial charge on any atom is 0.162 e. The van der Waals surface area contributed by atoms with Crippen molar-refractivity contribution in [3.63, 3.8) is 0 Å². The van der Waals surface area contributed by atoms with E-state index in [4.69, 9.17) is 10.7 Å². The van der Waals surface area contributed by atoms with Gasteiger partial charge in [-0.2, -0.15) is 0 Å². The largest absolute Gasteiger partial charge is 0.383 e. The Morgan fingerprint density at radius 2 is 1.42 bits per heavy atom. The van der Waals surface area contributed by atoms with Gasteiger partial charge in [0.25, 0.3) is 0 Å². The molecule has 0 bridgehead atoms. The summed E-state index contributed by atoms with van der Waals surface area (Å²) in [4.78, 5) is 11.5. The molecule has 4 heteroatoms. The lowest BCUT2D eigenvalue weighted by Gasteiger charge is -2.06. The van der Waals surface area contributed by atoms with E-state index in [1.165, 1.54) is 4.90 Å². The molecule has 3 nitrogen and oxygen atoms in total. The van der Waals surface area contributed by atoms with E-state index < -0.39 is 0 Å². The van der Waals surface area contributed by atoms with E-state index in [1.54, 1.807) is 11.8 Å². The molecule has 0 unspecified atom stereocenters. The molecule has 116 valence electrons. The highest BCUT2D eigenvalue weighted by Gasteiger charge is 2.19. The van der Waals surface area contributed by atoms with Crippen LogP contribution in [-0.2, 0) is 0 Å². The fraction of sp³-hybridized carbons (Fsp3) is 0. The zero-order valence-corrected chi connectivity index (χ0v) is 13.7. The van der Waals surface area contributed by atoms with Gasteiger partial charge in [-0.25, -0.2) is 9.98 Å². The third-order valence-corrected chi connectivity index (χ3v) is 4.81. The van der Waals surface area contributed by atoms with Gasteiger partial charge in [-0.1, -0.05) is 66.4 Å². The molecule has 3 aromatic rings. The molecule has 0 fully saturated rings. The summed E-state index contributed by atoms with van der Waals surface area (Å²) < 4.78 is 0. The van der Waals surface area contributed by atoms with Gasteiger partial charge in [-0.15, -0.1) is 0 Å². The summed E-state index contributed by atoms with van der Waals surface area (Å²) in [6.45, 7) is 0. The molecule has 24 heavy (non-hydrogen) atoms. The van der Waals surface area contributed by atoms with Crippen molar-refractivity contribution >= 4 is 29.1 Å². The van der Waals surface area contributed by atoms with Gasteiger partial charge in [0.05, 0.1) is 5.69 Å². The second-order valence-electron chi connectivity index (χ2n) is 5.36. The fourth-order valence-corrected chi connectivity index (χ4v) is 3.50. The van der Waals surface area contributed by atoms with E-state index in [-0.39, 0.29) is 0 Å². The van der Waals surface area contributed by atoms with Gasteiger partial charge in [0.2, 0.25) is 0 Å². The van der Waals surface area contributed by atoms with Crippen LogP contribution in [0.5, 0.6) is 0 Å². The zero-order chi connectivity index (χ0) is 16.4. The Bertz CT molecular complexity index is 946. The predicted molar refractivity (Wildman–Crippen MR) is 100 cm³/mol. The van der Waals surface area contributed by atoms with Crippen LogP contribution in [-0.4, -0.2) is 11.7 Å². The van der Waals surface area contributed by atoms with Gasteiger partial charge in [-0.3, -0.25) is 0 Å². The first-order valence-corrected chi connectivity index (χ1v) is 8.47. The lowest BCUT2D eigenvalue weighted by Crippen LogP contribution is -2.09. The van der Waals surface area contributed by atoms with E-state index >= 15 is 0 Å². The molecule has 4 rings (SSSR count). The molecule has 0 spiro atoms. The Labute approximate surface area is 145 Å². The second-order valence-corrected chi connectivity index (χ2v) is 6.48. The summed E-state index contributed by atoms with van der Waals surface area (Å²) in [7, 11) is 0. The fourth-order valence-electron chi connectivity index (χ4n) is 2.59. The summed E-state index contributed by atoms with van der Waals surface area (Å²) in [5.74, 6) is 1.20. The van der Waals surface area contributed by atoms with Crippen LogP contribution in [0, 0.1) is 0 Å². The van der Waals surface area contributed by atoms with Crippen molar-refractivity contribution in [3.8, 4) is 0 Å². The van der Waals surface area contributed by atoms with Gasteiger partial charge in [-0.05, 0) is 24.3 Å². The van der Waals surface area contributed by atoms with Crippen LogP contribution in [0.15, 0.2) is 98.6 Å². The quantitative estimate of drug-likeness (QED) is 0.761. The number of para-hydroxylation sites is 1. The van der Waals surface area contributed by atoms with Gasteiger partial charge in [0.1, 0.15) is 5.84 Å². The number of hydrogen-bond donors (Lipinski definition) is 1. The van der Waals surface area contributed by atoms with Gasteiger partial charge >= 0.3 is 0 Å². The number of fused-ring (bicyclic) bond motifs is 1. The maximum atomic E-state index is 6.02. The van der Waals surface area contributed by atoms with Crippen molar-refractivity contribution in [2.75, 3.05) is 0 Å². The van der Waals surface area contributed by atoms with Gasteiger partial charge in [0, 0.05) is 20.9 Å². The number of nitrogens with zero attached hydrogens (tertiary/aromatic N) is 2. The SMILES string of the molecule is NC1=NC(=Nc2ccccc2Sc2ccccc2)c2ccccc21. The van der Waals surface area contributed by atoms with Crippen LogP contribution in [0.25, 0.3) is 0 Å². The summed E-state index contributed by atoms with van der Waals surface area (Å²) in [5, 5.41) is 0. The normalized spacial score (nSPS) is 14.5. The Kier molecular flexibility index (Phi) is 3.89. The predicted octanol–water partition coefficient (Wildman–Crippen LogP) is 4.64. The van der Waals surface area contributed by atoms with Crippen molar-refractivity contribution < 1.29 is 0 Å². The van der Waals surface area contributed by atoms with Crippen LogP contribution in [0.4, 0.5) is 5.69 Å². The highest BCUT2D eigenvalue weighted by molar-refractivity contribution is 7.99. The minimum absolute atomic E-state index is 0.526. The molecule has 0 saturated heterocycles. The number of rotatable bonds is 3. The Morgan fingerprint density at radius 1 is 0.750 bits per heavy atom. The average Bonchev–Trinajstić information content (AvgIpc) is 2.94. The van der Waals surface area contributed by atoms with Crippen LogP contribution in [0.3, 0.4) is 0 Å². The molecule has 0 atom stereocenters. The molecule has 1 aliphatic rings. The molecular formula is C20H15N3S. The summed E-state index contributed by atoms with van der Waals surface area (Å²) in [5.41, 5.74) is 8.84. The number of nitrogens with two attached hydrogens (primary N) is 1. The summed E-state index contributed by atoms with van der Waals surface area (Å²) in [6, 6.07) is 26.3. The van der Waals surface area contributed by atoms with Crippen LogP contribution in [0.1, 0.15) is 11.1 Å². The molecule has 0 aromatic heterocycles. The highest BCUT2D eigenvalue weighted by atomic mass is 32.2. The molecule has 0 amide bonds. The monoisotopic (exact) mass is 329 g/mol. The molecule has 0 saturated carbocycles. The maximum absolute atomic E-state index is 6.02. The smallest absolute Gasteiger partial charge is 0.162 e. The third kappa shape index (κ3) is 2.84. The molecule has 3 aromatic carbocycles. The van der Waals surface area contributed by atoms with E-state index in [9.17, 15) is 0 Å². The Balaban J connectivity index is 1.74. The van der Waals surface area contributed by atoms with Gasteiger partial charge < -0.3 is 5.73 Å². The third-order valence-electron chi connectivity index (χ3n) is 3.73. The molecule has 0 aliphatic carbocycles. The molecular weight excluding hydrogens is 314 g/mol. The summed E-state index contributed by atoms with van der Waals surface area (Å²) >= 11 is 1.69. The number of benzene rings is 3. The van der Waals surface area contributed by atoms with E-state index in [0.29, 0.717) is 11.7 Å². The van der Waals surface area contributed by atoms with Crippen LogP contribution >= 0.6 is 11.8 Å². The van der Waals surface area contributed by atoms with E-state index in [0.717, 1.165) is 21.7 Å². The first-order chi connectivity index (χ1) is 11.8. The molecule has 2 N–H and O–H groups in total. The molecule has 1 aliphatic heterocycles. The van der Waals surface area contributed by atoms with E-state index in [1.807, 2.05) is 60.7 Å². The average molecular weight is 329 g/mol. The minimum Gasteiger partial charge on any atom is -0.383 e. The lowest BCUT2D eigenvalue weighted by molar-refractivity contribution is 1.34.